The number of hydrogen-bond donors (Lipinski definition) is 1. The van der Waals surface area contributed by atoms with Gasteiger partial charge in [-0.3, -0.25) is 4.99 Å². The largest absolute Gasteiger partial charge is 0.381 e. The summed E-state index contributed by atoms with van der Waals surface area (Å²) in [5.41, 5.74) is 0. The van der Waals surface area contributed by atoms with E-state index in [0.717, 1.165) is 26.2 Å². The Kier molecular flexibility index (Phi) is 8.75. The van der Waals surface area contributed by atoms with E-state index in [1.807, 2.05) is 11.9 Å². The van der Waals surface area contributed by atoms with Crippen molar-refractivity contribution in [3.05, 3.63) is 0 Å². The van der Waals surface area contributed by atoms with Crippen LogP contribution >= 0.6 is 24.0 Å². The molecule has 17 heavy (non-hydrogen) atoms. The number of guanidine groups is 1. The summed E-state index contributed by atoms with van der Waals surface area (Å²) < 4.78 is 29.4. The number of nitrogens with one attached hydrogen (secondary N) is 1. The minimum Gasteiger partial charge on any atom is -0.381 e. The Hall–Kier alpha value is -0.180. The van der Waals surface area contributed by atoms with Gasteiger partial charge < -0.3 is 15.0 Å². The maximum Gasteiger partial charge on any atom is 0.255 e. The van der Waals surface area contributed by atoms with Gasteiger partial charge in [-0.05, 0) is 6.42 Å². The van der Waals surface area contributed by atoms with Crippen molar-refractivity contribution in [3.8, 4) is 0 Å². The molecule has 4 nitrogen and oxygen atoms in total. The zero-order valence-corrected chi connectivity index (χ0v) is 12.5. The van der Waals surface area contributed by atoms with Crippen molar-refractivity contribution in [2.24, 2.45) is 10.9 Å². The highest BCUT2D eigenvalue weighted by molar-refractivity contribution is 14.0. The van der Waals surface area contributed by atoms with E-state index in [4.69, 9.17) is 4.74 Å². The van der Waals surface area contributed by atoms with Crippen LogP contribution in [0.1, 0.15) is 6.42 Å². The number of alkyl halides is 2. The van der Waals surface area contributed by atoms with E-state index >= 15 is 0 Å². The van der Waals surface area contributed by atoms with Crippen molar-refractivity contribution in [2.75, 3.05) is 40.4 Å². The second kappa shape index (κ2) is 8.84. The molecule has 0 aromatic carbocycles. The van der Waals surface area contributed by atoms with Crippen LogP contribution in [0.5, 0.6) is 0 Å². The fourth-order valence-corrected chi connectivity index (χ4v) is 1.75. The molecule has 0 aromatic heterocycles. The minimum absolute atomic E-state index is 0. The lowest BCUT2D eigenvalue weighted by Crippen LogP contribution is -2.43. The molecule has 7 heteroatoms. The van der Waals surface area contributed by atoms with Crippen LogP contribution in [-0.2, 0) is 4.74 Å². The van der Waals surface area contributed by atoms with Crippen LogP contribution in [0.15, 0.2) is 4.99 Å². The Morgan fingerprint density at radius 2 is 2.29 bits per heavy atom. The van der Waals surface area contributed by atoms with E-state index in [9.17, 15) is 8.78 Å². The van der Waals surface area contributed by atoms with Crippen molar-refractivity contribution in [1.82, 2.24) is 10.2 Å². The van der Waals surface area contributed by atoms with Gasteiger partial charge in [0.15, 0.2) is 5.96 Å². The van der Waals surface area contributed by atoms with Crippen molar-refractivity contribution >= 4 is 29.9 Å². The van der Waals surface area contributed by atoms with Crippen molar-refractivity contribution in [2.45, 2.75) is 12.8 Å². The fourth-order valence-electron chi connectivity index (χ4n) is 1.75. The lowest BCUT2D eigenvalue weighted by Gasteiger charge is -2.24. The molecule has 1 heterocycles. The summed E-state index contributed by atoms with van der Waals surface area (Å²) in [5, 5.41) is 2.63. The summed E-state index contributed by atoms with van der Waals surface area (Å²) in [4.78, 5) is 5.82. The van der Waals surface area contributed by atoms with E-state index < -0.39 is 6.43 Å². The highest BCUT2D eigenvalue weighted by Crippen LogP contribution is 2.13. The molecule has 0 aliphatic carbocycles. The van der Waals surface area contributed by atoms with Crippen LogP contribution in [0.25, 0.3) is 0 Å². The smallest absolute Gasteiger partial charge is 0.255 e. The summed E-state index contributed by atoms with van der Waals surface area (Å²) in [5.74, 6) is 0.974. The molecule has 1 saturated heterocycles. The molecule has 1 aliphatic rings. The molecule has 0 bridgehead atoms. The first kappa shape index (κ1) is 16.8. The molecule has 0 amide bonds. The first-order valence-electron chi connectivity index (χ1n) is 5.41. The third kappa shape index (κ3) is 6.35. The van der Waals surface area contributed by atoms with Gasteiger partial charge in [-0.2, -0.15) is 0 Å². The van der Waals surface area contributed by atoms with Crippen molar-refractivity contribution in [1.29, 1.82) is 0 Å². The molecule has 1 N–H and O–H groups in total. The summed E-state index contributed by atoms with van der Waals surface area (Å²) >= 11 is 0. The standard InChI is InChI=1S/C10H19F2N3O.HI/c1-13-10(14-5-9(11)12)15(2)6-8-3-4-16-7-8;/h8-9H,3-7H2,1-2H3,(H,13,14);1H. The molecule has 1 atom stereocenters. The van der Waals surface area contributed by atoms with Gasteiger partial charge in [0.2, 0.25) is 0 Å². The summed E-state index contributed by atoms with van der Waals surface area (Å²) in [7, 11) is 3.44. The average molecular weight is 363 g/mol. The average Bonchev–Trinajstić information content (AvgIpc) is 2.71. The van der Waals surface area contributed by atoms with Crippen LogP contribution in [0.2, 0.25) is 0 Å². The number of halogens is 3. The molecular weight excluding hydrogens is 343 g/mol. The van der Waals surface area contributed by atoms with Crippen LogP contribution in [0.3, 0.4) is 0 Å². The summed E-state index contributed by atoms with van der Waals surface area (Å²) in [6.45, 7) is 1.96. The highest BCUT2D eigenvalue weighted by Gasteiger charge is 2.19. The molecule has 0 saturated carbocycles. The van der Waals surface area contributed by atoms with Gasteiger partial charge in [0.1, 0.15) is 0 Å². The molecule has 1 rings (SSSR count). The van der Waals surface area contributed by atoms with E-state index in [2.05, 4.69) is 10.3 Å². The molecule has 1 unspecified atom stereocenters. The zero-order chi connectivity index (χ0) is 12.0. The van der Waals surface area contributed by atoms with Gasteiger partial charge in [0, 0.05) is 33.2 Å². The van der Waals surface area contributed by atoms with Crippen molar-refractivity contribution in [3.63, 3.8) is 0 Å². The Morgan fingerprint density at radius 3 is 2.76 bits per heavy atom. The second-order valence-corrected chi connectivity index (χ2v) is 3.93. The summed E-state index contributed by atoms with van der Waals surface area (Å²) in [6.07, 6.45) is -1.34. The molecule has 0 spiro atoms. The third-order valence-electron chi connectivity index (χ3n) is 2.54. The SMILES string of the molecule is CN=C(NCC(F)F)N(C)CC1CCOC1.I. The Bertz CT molecular complexity index is 236. The number of hydrogen-bond acceptors (Lipinski definition) is 2. The molecular formula is C10H20F2IN3O. The molecule has 1 fully saturated rings. The lowest BCUT2D eigenvalue weighted by molar-refractivity contribution is 0.150. The summed E-state index contributed by atoms with van der Waals surface area (Å²) in [6, 6.07) is 0. The topological polar surface area (TPSA) is 36.9 Å². The Balaban J connectivity index is 0.00000256. The van der Waals surface area contributed by atoms with E-state index in [1.54, 1.807) is 7.05 Å². The number of aliphatic imine (C=N–C) groups is 1. The van der Waals surface area contributed by atoms with Crippen LogP contribution in [0.4, 0.5) is 8.78 Å². The highest BCUT2D eigenvalue weighted by atomic mass is 127. The van der Waals surface area contributed by atoms with E-state index in [1.165, 1.54) is 0 Å². The number of rotatable bonds is 4. The second-order valence-electron chi connectivity index (χ2n) is 3.93. The van der Waals surface area contributed by atoms with Gasteiger partial charge in [-0.15, -0.1) is 24.0 Å². The molecule has 0 aromatic rings. The maximum atomic E-state index is 12.0. The Morgan fingerprint density at radius 1 is 1.59 bits per heavy atom. The van der Waals surface area contributed by atoms with Gasteiger partial charge in [0.05, 0.1) is 13.2 Å². The van der Waals surface area contributed by atoms with Gasteiger partial charge in [-0.1, -0.05) is 0 Å². The van der Waals surface area contributed by atoms with E-state index in [-0.39, 0.29) is 30.5 Å². The number of nitrogens with zero attached hydrogens (tertiary/aromatic N) is 2. The first-order valence-corrected chi connectivity index (χ1v) is 5.41. The fraction of sp³-hybridized carbons (Fsp3) is 0.900. The molecule has 1 aliphatic heterocycles. The zero-order valence-electron chi connectivity index (χ0n) is 10.2. The Labute approximate surface area is 118 Å². The third-order valence-corrected chi connectivity index (χ3v) is 2.54. The van der Waals surface area contributed by atoms with Crippen LogP contribution in [0, 0.1) is 5.92 Å². The molecule has 0 radical (unpaired) electrons. The van der Waals surface area contributed by atoms with Gasteiger partial charge >= 0.3 is 0 Å². The maximum absolute atomic E-state index is 12.0. The quantitative estimate of drug-likeness (QED) is 0.466. The van der Waals surface area contributed by atoms with Crippen LogP contribution < -0.4 is 5.32 Å². The van der Waals surface area contributed by atoms with Gasteiger partial charge in [-0.25, -0.2) is 8.78 Å². The predicted molar refractivity (Wildman–Crippen MR) is 74.3 cm³/mol. The predicted octanol–water partition coefficient (Wildman–Crippen LogP) is 1.41. The lowest BCUT2D eigenvalue weighted by atomic mass is 10.1. The van der Waals surface area contributed by atoms with Crippen molar-refractivity contribution < 1.29 is 13.5 Å². The first-order chi connectivity index (χ1) is 7.63. The normalized spacial score (nSPS) is 20.3. The van der Waals surface area contributed by atoms with E-state index in [0.29, 0.717) is 11.9 Å². The number of ether oxygens (including phenoxy) is 1. The van der Waals surface area contributed by atoms with Gasteiger partial charge in [0.25, 0.3) is 6.43 Å². The monoisotopic (exact) mass is 363 g/mol. The molecule has 102 valence electrons. The van der Waals surface area contributed by atoms with Crippen LogP contribution in [-0.4, -0.2) is 57.7 Å². The minimum atomic E-state index is -2.36.